The number of nitrogens with one attached hydrogen (secondary N) is 4. The van der Waals surface area contributed by atoms with Gasteiger partial charge in [-0.1, -0.05) is 0 Å². The zero-order chi connectivity index (χ0) is 22.0. The molecule has 1 fully saturated rings. The summed E-state index contributed by atoms with van der Waals surface area (Å²) in [5.74, 6) is -0.284. The Bertz CT molecular complexity index is 1010. The molecule has 4 heterocycles. The molecule has 4 rings (SSSR count). The number of carbonyl (C=O) groups is 1. The molecule has 0 bridgehead atoms. The van der Waals surface area contributed by atoms with E-state index in [1.165, 1.54) is 19.0 Å². The first-order valence-corrected chi connectivity index (χ1v) is 9.54. The van der Waals surface area contributed by atoms with Gasteiger partial charge in [0.15, 0.2) is 17.7 Å². The largest absolute Gasteiger partial charge is 0.394 e. The van der Waals surface area contributed by atoms with Gasteiger partial charge in [-0.25, -0.2) is 19.9 Å². The van der Waals surface area contributed by atoms with Crippen LogP contribution in [0.25, 0.3) is 11.2 Å². The number of hydrogen-bond acceptors (Lipinski definition) is 11. The van der Waals surface area contributed by atoms with Gasteiger partial charge in [-0.15, -0.1) is 0 Å². The number of ether oxygens (including phenoxy) is 1. The lowest BCUT2D eigenvalue weighted by Gasteiger charge is -2.43. The molecule has 1 amide bonds. The van der Waals surface area contributed by atoms with Gasteiger partial charge in [0.1, 0.15) is 30.2 Å². The second kappa shape index (κ2) is 8.91. The second-order valence-corrected chi connectivity index (χ2v) is 7.15. The molecule has 1 aliphatic heterocycles. The van der Waals surface area contributed by atoms with Gasteiger partial charge in [-0.2, -0.15) is 0 Å². The third kappa shape index (κ3) is 4.33. The van der Waals surface area contributed by atoms with Crippen molar-refractivity contribution in [2.24, 2.45) is 5.73 Å². The number of amides is 1. The van der Waals surface area contributed by atoms with Crippen LogP contribution in [0.3, 0.4) is 0 Å². The van der Waals surface area contributed by atoms with E-state index in [1.807, 2.05) is 0 Å². The summed E-state index contributed by atoms with van der Waals surface area (Å²) in [6.45, 7) is -0.522. The van der Waals surface area contributed by atoms with Crippen LogP contribution in [0.4, 0.5) is 5.82 Å². The number of carbonyl (C=O) groups excluding carboxylic acids is 1. The van der Waals surface area contributed by atoms with Crippen LogP contribution in [0.1, 0.15) is 5.69 Å². The number of rotatable bonds is 7. The lowest BCUT2D eigenvalue weighted by atomic mass is 9.95. The summed E-state index contributed by atoms with van der Waals surface area (Å²) in [5.41, 5.74) is 7.47. The molecule has 9 N–H and O–H groups in total. The van der Waals surface area contributed by atoms with Gasteiger partial charge in [0.25, 0.3) is 0 Å². The van der Waals surface area contributed by atoms with E-state index in [0.717, 1.165) is 0 Å². The third-order valence-corrected chi connectivity index (χ3v) is 5.07. The molecular weight excluding hydrogens is 410 g/mol. The second-order valence-electron chi connectivity index (χ2n) is 7.15. The van der Waals surface area contributed by atoms with Crippen LogP contribution < -0.4 is 16.4 Å². The van der Waals surface area contributed by atoms with Gasteiger partial charge < -0.3 is 46.4 Å². The number of nitrogens with zero attached hydrogens (tertiary/aromatic N) is 4. The number of aromatic nitrogens is 6. The zero-order valence-electron chi connectivity index (χ0n) is 16.2. The topological polar surface area (TPSA) is 220 Å². The number of aliphatic hydroxyl groups excluding tert-OH is 3. The van der Waals surface area contributed by atoms with Crippen molar-refractivity contribution < 1.29 is 24.9 Å². The summed E-state index contributed by atoms with van der Waals surface area (Å²) in [4.78, 5) is 34.2. The summed E-state index contributed by atoms with van der Waals surface area (Å²) in [7, 11) is 0. The van der Waals surface area contributed by atoms with Gasteiger partial charge in [0, 0.05) is 18.3 Å². The molecule has 31 heavy (non-hydrogen) atoms. The fourth-order valence-corrected chi connectivity index (χ4v) is 3.43. The minimum absolute atomic E-state index is 0.194. The van der Waals surface area contributed by atoms with Crippen LogP contribution in [0, 0.1) is 0 Å². The van der Waals surface area contributed by atoms with Crippen LogP contribution in [0.2, 0.25) is 0 Å². The zero-order valence-corrected chi connectivity index (χ0v) is 16.2. The molecule has 0 saturated carbocycles. The normalized spacial score (nSPS) is 27.2. The lowest BCUT2D eigenvalue weighted by Crippen LogP contribution is -2.67. The van der Waals surface area contributed by atoms with Crippen molar-refractivity contribution in [3.8, 4) is 0 Å². The summed E-state index contributed by atoms with van der Waals surface area (Å²) in [6, 6.07) is -2.02. The summed E-state index contributed by atoms with van der Waals surface area (Å²) in [5, 5.41) is 36.4. The molecule has 1 saturated heterocycles. The van der Waals surface area contributed by atoms with Crippen molar-refractivity contribution in [2.45, 2.75) is 43.0 Å². The van der Waals surface area contributed by atoms with Crippen molar-refractivity contribution in [2.75, 3.05) is 11.9 Å². The lowest BCUT2D eigenvalue weighted by molar-refractivity contribution is -0.185. The van der Waals surface area contributed by atoms with E-state index < -0.39 is 49.1 Å². The van der Waals surface area contributed by atoms with Crippen LogP contribution in [-0.2, 0) is 16.0 Å². The standard InChI is InChI=1S/C17H23N9O5/c18-8(1-7-2-19-4-20-7)16(30)25-10-9(3-27)31-17(13(29)12(10)28)26-15-11-14(22-5-21-11)23-6-24-15/h2,4-6,8-10,12-13,17,27-29H,1,3,18H2,(H,19,20)(H,25,30)(H2,21,22,23,24,26)/t8-,9+,10+,12-,13+,17+/m1/s1. The fraction of sp³-hybridized carbons (Fsp3) is 0.471. The quantitative estimate of drug-likeness (QED) is 0.187. The van der Waals surface area contributed by atoms with Crippen molar-refractivity contribution in [3.05, 3.63) is 30.9 Å². The molecule has 14 nitrogen and oxygen atoms in total. The molecule has 0 aromatic carbocycles. The Kier molecular flexibility index (Phi) is 6.06. The maximum Gasteiger partial charge on any atom is 0.237 e. The highest BCUT2D eigenvalue weighted by atomic mass is 16.5. The molecule has 3 aromatic rings. The molecule has 6 atom stereocenters. The number of aliphatic hydroxyl groups is 3. The molecule has 0 spiro atoms. The van der Waals surface area contributed by atoms with Crippen molar-refractivity contribution in [3.63, 3.8) is 0 Å². The number of hydrogen-bond donors (Lipinski definition) is 8. The highest BCUT2D eigenvalue weighted by Crippen LogP contribution is 2.24. The number of aromatic amines is 2. The van der Waals surface area contributed by atoms with Gasteiger partial charge in [-0.05, 0) is 0 Å². The Morgan fingerprint density at radius 3 is 2.81 bits per heavy atom. The molecule has 1 aliphatic rings. The monoisotopic (exact) mass is 433 g/mol. The van der Waals surface area contributed by atoms with Crippen molar-refractivity contribution in [1.82, 2.24) is 35.2 Å². The predicted molar refractivity (Wildman–Crippen MR) is 105 cm³/mol. The highest BCUT2D eigenvalue weighted by Gasteiger charge is 2.45. The Hall–Kier alpha value is -3.17. The average Bonchev–Trinajstić information content (AvgIpc) is 3.45. The Balaban J connectivity index is 1.44. The van der Waals surface area contributed by atoms with Crippen LogP contribution >= 0.6 is 0 Å². The minimum atomic E-state index is -1.45. The van der Waals surface area contributed by atoms with E-state index >= 15 is 0 Å². The number of imidazole rings is 2. The Morgan fingerprint density at radius 2 is 2.06 bits per heavy atom. The molecule has 166 valence electrons. The van der Waals surface area contributed by atoms with Crippen LogP contribution in [0.5, 0.6) is 0 Å². The first-order valence-electron chi connectivity index (χ1n) is 9.54. The molecule has 3 aromatic heterocycles. The molecule has 0 unspecified atom stereocenters. The van der Waals surface area contributed by atoms with Gasteiger partial charge in [-0.3, -0.25) is 4.79 Å². The highest BCUT2D eigenvalue weighted by molar-refractivity contribution is 5.82. The van der Waals surface area contributed by atoms with Gasteiger partial charge in [0.05, 0.1) is 31.3 Å². The molecule has 0 radical (unpaired) electrons. The molecule has 0 aliphatic carbocycles. The summed E-state index contributed by atoms with van der Waals surface area (Å²) in [6.07, 6.45) is 0.885. The third-order valence-electron chi connectivity index (χ3n) is 5.07. The van der Waals surface area contributed by atoms with E-state index in [4.69, 9.17) is 10.5 Å². The smallest absolute Gasteiger partial charge is 0.237 e. The van der Waals surface area contributed by atoms with E-state index in [2.05, 4.69) is 40.5 Å². The van der Waals surface area contributed by atoms with Crippen LogP contribution in [-0.4, -0.2) is 94.4 Å². The van der Waals surface area contributed by atoms with Crippen molar-refractivity contribution in [1.29, 1.82) is 0 Å². The van der Waals surface area contributed by atoms with Crippen LogP contribution in [0.15, 0.2) is 25.2 Å². The van der Waals surface area contributed by atoms with E-state index in [0.29, 0.717) is 22.7 Å². The molecule has 14 heteroatoms. The minimum Gasteiger partial charge on any atom is -0.394 e. The Labute approximate surface area is 175 Å². The van der Waals surface area contributed by atoms with E-state index in [9.17, 15) is 20.1 Å². The first-order chi connectivity index (χ1) is 15.0. The average molecular weight is 433 g/mol. The fourth-order valence-electron chi connectivity index (χ4n) is 3.43. The summed E-state index contributed by atoms with van der Waals surface area (Å²) < 4.78 is 5.71. The number of H-pyrrole nitrogens is 2. The number of anilines is 1. The first kappa shape index (κ1) is 21.1. The molecular formula is C17H23N9O5. The van der Waals surface area contributed by atoms with E-state index in [-0.39, 0.29) is 6.42 Å². The SMILES string of the molecule is N[C@H](Cc1cnc[nH]1)C(=O)N[C@@H]1[C@@H](O)[C@H](O)[C@@H](Nc2ncnc3nc[nH]c23)O[C@H]1CO. The maximum absolute atomic E-state index is 12.5. The maximum atomic E-state index is 12.5. The van der Waals surface area contributed by atoms with Gasteiger partial charge in [0.2, 0.25) is 5.91 Å². The summed E-state index contributed by atoms with van der Waals surface area (Å²) >= 11 is 0. The predicted octanol–water partition coefficient (Wildman–Crippen LogP) is -3.02. The van der Waals surface area contributed by atoms with Gasteiger partial charge >= 0.3 is 0 Å². The number of nitrogens with two attached hydrogens (primary N) is 1. The number of fused-ring (bicyclic) bond motifs is 1. The Morgan fingerprint density at radius 1 is 1.23 bits per heavy atom. The van der Waals surface area contributed by atoms with E-state index in [1.54, 1.807) is 6.20 Å². The van der Waals surface area contributed by atoms with Crippen molar-refractivity contribution >= 4 is 22.9 Å².